The minimum absolute atomic E-state index is 0.485. The zero-order valence-corrected chi connectivity index (χ0v) is 12.6. The monoisotopic (exact) mass is 285 g/mol. The van der Waals surface area contributed by atoms with Crippen LogP contribution < -0.4 is 5.73 Å². The Morgan fingerprint density at radius 1 is 1.29 bits per heavy atom. The number of hydrogen-bond acceptors (Lipinski definition) is 4. The number of nitrogens with two attached hydrogens (primary N) is 1. The number of rotatable bonds is 4. The summed E-state index contributed by atoms with van der Waals surface area (Å²) in [6, 6.07) is 7.96. The Morgan fingerprint density at radius 2 is 2.19 bits per heavy atom. The largest absolute Gasteiger partial charge is 0.399 e. The highest BCUT2D eigenvalue weighted by molar-refractivity contribution is 5.40. The van der Waals surface area contributed by atoms with E-state index in [1.165, 1.54) is 31.2 Å². The number of nitrogens with zero attached hydrogens (tertiary/aromatic N) is 2. The molecule has 3 rings (SSSR count). The van der Waals surface area contributed by atoms with Crippen LogP contribution >= 0.6 is 0 Å². The molecule has 2 atom stereocenters. The number of benzene rings is 1. The van der Waals surface area contributed by atoms with Crippen LogP contribution in [0.15, 0.2) is 28.8 Å². The zero-order chi connectivity index (χ0) is 14.7. The van der Waals surface area contributed by atoms with Crippen molar-refractivity contribution in [2.24, 2.45) is 5.92 Å². The Hall–Kier alpha value is -1.84. The maximum absolute atomic E-state index is 5.79. The van der Waals surface area contributed by atoms with Crippen LogP contribution in [-0.2, 0) is 12.8 Å². The Bertz CT molecular complexity index is 593. The number of nitrogen functional groups attached to an aromatic ring is 1. The SMILES string of the molecule is CC1CCCC(c2noc(CCc3cccc(N)c3)n2)C1. The van der Waals surface area contributed by atoms with Crippen LogP contribution in [0.1, 0.15) is 55.8 Å². The van der Waals surface area contributed by atoms with Crippen molar-refractivity contribution in [3.8, 4) is 0 Å². The fourth-order valence-corrected chi connectivity index (χ4v) is 3.20. The molecule has 2 N–H and O–H groups in total. The molecule has 1 saturated carbocycles. The lowest BCUT2D eigenvalue weighted by Crippen LogP contribution is -2.12. The first kappa shape index (κ1) is 14.1. The van der Waals surface area contributed by atoms with Crippen LogP contribution in [-0.4, -0.2) is 10.1 Å². The van der Waals surface area contributed by atoms with E-state index >= 15 is 0 Å². The number of aryl methyl sites for hydroxylation is 2. The summed E-state index contributed by atoms with van der Waals surface area (Å²) in [5, 5.41) is 4.19. The van der Waals surface area contributed by atoms with Gasteiger partial charge in [-0.2, -0.15) is 4.98 Å². The standard InChI is InChI=1S/C17H23N3O/c1-12-4-2-6-14(10-12)17-19-16(21-20-17)9-8-13-5-3-7-15(18)11-13/h3,5,7,11-12,14H,2,4,6,8-10,18H2,1H3. The normalized spacial score (nSPS) is 22.3. The predicted octanol–water partition coefficient (Wildman–Crippen LogP) is 3.73. The highest BCUT2D eigenvalue weighted by atomic mass is 16.5. The summed E-state index contributed by atoms with van der Waals surface area (Å²) < 4.78 is 5.41. The van der Waals surface area contributed by atoms with Crippen molar-refractivity contribution in [1.29, 1.82) is 0 Å². The third kappa shape index (κ3) is 3.63. The van der Waals surface area contributed by atoms with E-state index in [0.717, 1.165) is 36.2 Å². The van der Waals surface area contributed by atoms with Gasteiger partial charge in [0.2, 0.25) is 5.89 Å². The Labute approximate surface area is 125 Å². The molecule has 0 amide bonds. The van der Waals surface area contributed by atoms with E-state index in [4.69, 9.17) is 10.3 Å². The summed E-state index contributed by atoms with van der Waals surface area (Å²) >= 11 is 0. The van der Waals surface area contributed by atoms with Gasteiger partial charge in [-0.25, -0.2) is 0 Å². The van der Waals surface area contributed by atoms with Crippen molar-refractivity contribution in [1.82, 2.24) is 10.1 Å². The Kier molecular flexibility index (Phi) is 4.23. The van der Waals surface area contributed by atoms with Crippen molar-refractivity contribution in [3.63, 3.8) is 0 Å². The summed E-state index contributed by atoms with van der Waals surface area (Å²) in [5.41, 5.74) is 7.80. The first-order chi connectivity index (χ1) is 10.2. The van der Waals surface area contributed by atoms with Crippen LogP contribution in [0.2, 0.25) is 0 Å². The molecule has 1 aliphatic carbocycles. The molecule has 1 aromatic heterocycles. The van der Waals surface area contributed by atoms with Gasteiger partial charge in [0.15, 0.2) is 5.82 Å². The second-order valence-electron chi connectivity index (χ2n) is 6.26. The number of hydrogen-bond donors (Lipinski definition) is 1. The van der Waals surface area contributed by atoms with Crippen LogP contribution in [0.4, 0.5) is 5.69 Å². The average Bonchev–Trinajstić information content (AvgIpc) is 2.94. The molecule has 1 aromatic carbocycles. The fourth-order valence-electron chi connectivity index (χ4n) is 3.20. The number of aromatic nitrogens is 2. The van der Waals surface area contributed by atoms with E-state index in [-0.39, 0.29) is 0 Å². The molecule has 4 nitrogen and oxygen atoms in total. The molecule has 0 radical (unpaired) electrons. The predicted molar refractivity (Wildman–Crippen MR) is 82.9 cm³/mol. The van der Waals surface area contributed by atoms with E-state index in [1.54, 1.807) is 0 Å². The molecular formula is C17H23N3O. The average molecular weight is 285 g/mol. The van der Waals surface area contributed by atoms with Gasteiger partial charge in [-0.15, -0.1) is 0 Å². The molecule has 112 valence electrons. The van der Waals surface area contributed by atoms with Crippen molar-refractivity contribution in [2.75, 3.05) is 5.73 Å². The Morgan fingerprint density at radius 3 is 3.00 bits per heavy atom. The first-order valence-electron chi connectivity index (χ1n) is 7.87. The lowest BCUT2D eigenvalue weighted by atomic mass is 9.82. The fraction of sp³-hybridized carbons (Fsp3) is 0.529. The van der Waals surface area contributed by atoms with Crippen LogP contribution in [0, 0.1) is 5.92 Å². The maximum Gasteiger partial charge on any atom is 0.226 e. The van der Waals surface area contributed by atoms with Crippen LogP contribution in [0.5, 0.6) is 0 Å². The second-order valence-corrected chi connectivity index (χ2v) is 6.26. The van der Waals surface area contributed by atoms with Gasteiger partial charge in [0.25, 0.3) is 0 Å². The highest BCUT2D eigenvalue weighted by Gasteiger charge is 2.24. The molecular weight excluding hydrogens is 262 g/mol. The van der Waals surface area contributed by atoms with Gasteiger partial charge in [-0.1, -0.05) is 37.1 Å². The summed E-state index contributed by atoms with van der Waals surface area (Å²) in [6.45, 7) is 2.31. The van der Waals surface area contributed by atoms with E-state index < -0.39 is 0 Å². The van der Waals surface area contributed by atoms with Gasteiger partial charge in [0.1, 0.15) is 0 Å². The zero-order valence-electron chi connectivity index (χ0n) is 12.6. The van der Waals surface area contributed by atoms with Gasteiger partial charge in [-0.3, -0.25) is 0 Å². The molecule has 2 aromatic rings. The number of anilines is 1. The molecule has 4 heteroatoms. The van der Waals surface area contributed by atoms with E-state index in [1.807, 2.05) is 18.2 Å². The summed E-state index contributed by atoms with van der Waals surface area (Å²) in [7, 11) is 0. The minimum atomic E-state index is 0.485. The van der Waals surface area contributed by atoms with Crippen LogP contribution in [0.3, 0.4) is 0 Å². The molecule has 0 spiro atoms. The smallest absolute Gasteiger partial charge is 0.226 e. The third-order valence-electron chi connectivity index (χ3n) is 4.36. The highest BCUT2D eigenvalue weighted by Crippen LogP contribution is 2.34. The molecule has 2 unspecified atom stereocenters. The molecule has 1 aliphatic rings. The van der Waals surface area contributed by atoms with Crippen molar-refractivity contribution in [3.05, 3.63) is 41.5 Å². The maximum atomic E-state index is 5.79. The summed E-state index contributed by atoms with van der Waals surface area (Å²) in [4.78, 5) is 4.60. The van der Waals surface area contributed by atoms with Crippen LogP contribution in [0.25, 0.3) is 0 Å². The lowest BCUT2D eigenvalue weighted by molar-refractivity contribution is 0.319. The minimum Gasteiger partial charge on any atom is -0.399 e. The molecule has 0 saturated heterocycles. The topological polar surface area (TPSA) is 64.9 Å². The molecule has 1 heterocycles. The molecule has 1 fully saturated rings. The van der Waals surface area contributed by atoms with Gasteiger partial charge >= 0.3 is 0 Å². The third-order valence-corrected chi connectivity index (χ3v) is 4.36. The lowest BCUT2D eigenvalue weighted by Gasteiger charge is -2.23. The summed E-state index contributed by atoms with van der Waals surface area (Å²) in [6.07, 6.45) is 6.65. The van der Waals surface area contributed by atoms with Gasteiger partial charge in [-0.05, 0) is 42.9 Å². The van der Waals surface area contributed by atoms with Gasteiger partial charge in [0.05, 0.1) is 0 Å². The van der Waals surface area contributed by atoms with Gasteiger partial charge < -0.3 is 10.3 Å². The Balaban J connectivity index is 1.60. The summed E-state index contributed by atoms with van der Waals surface area (Å²) in [5.74, 6) is 2.91. The molecule has 21 heavy (non-hydrogen) atoms. The second kappa shape index (κ2) is 6.29. The van der Waals surface area contributed by atoms with E-state index in [9.17, 15) is 0 Å². The van der Waals surface area contributed by atoms with Crippen molar-refractivity contribution in [2.45, 2.75) is 51.4 Å². The van der Waals surface area contributed by atoms with Crippen molar-refractivity contribution >= 4 is 5.69 Å². The first-order valence-corrected chi connectivity index (χ1v) is 7.87. The van der Waals surface area contributed by atoms with Crippen molar-refractivity contribution < 1.29 is 4.52 Å². The van der Waals surface area contributed by atoms with E-state index in [2.05, 4.69) is 23.1 Å². The van der Waals surface area contributed by atoms with Gasteiger partial charge in [0, 0.05) is 18.0 Å². The molecule has 0 bridgehead atoms. The molecule has 0 aliphatic heterocycles. The van der Waals surface area contributed by atoms with E-state index in [0.29, 0.717) is 5.92 Å². The quantitative estimate of drug-likeness (QED) is 0.869.